The highest BCUT2D eigenvalue weighted by Crippen LogP contribution is 2.20. The quantitative estimate of drug-likeness (QED) is 0.883. The lowest BCUT2D eigenvalue weighted by atomic mass is 10.1. The molecule has 4 nitrogen and oxygen atoms in total. The smallest absolute Gasteiger partial charge is 0.172 e. The molecule has 0 fully saturated rings. The number of rotatable bonds is 6. The molecule has 21 heavy (non-hydrogen) atoms. The Labute approximate surface area is 131 Å². The predicted octanol–water partition coefficient (Wildman–Crippen LogP) is 3.79. The van der Waals surface area contributed by atoms with Crippen LogP contribution < -0.4 is 5.32 Å². The molecule has 0 aliphatic heterocycles. The van der Waals surface area contributed by atoms with E-state index in [1.54, 1.807) is 4.68 Å². The summed E-state index contributed by atoms with van der Waals surface area (Å²) in [5.74, 6) is 1.70. The zero-order valence-corrected chi connectivity index (χ0v) is 13.9. The van der Waals surface area contributed by atoms with E-state index in [9.17, 15) is 0 Å². The fourth-order valence-corrected chi connectivity index (χ4v) is 2.28. The fraction of sp³-hybridized carbons (Fsp3) is 0.500. The zero-order valence-electron chi connectivity index (χ0n) is 13.1. The maximum atomic E-state index is 6.34. The number of nitrogens with zero attached hydrogens (tertiary/aromatic N) is 3. The Balaban J connectivity index is 2.11. The van der Waals surface area contributed by atoms with Gasteiger partial charge < -0.3 is 5.32 Å². The molecule has 5 heteroatoms. The van der Waals surface area contributed by atoms with Gasteiger partial charge in [-0.1, -0.05) is 39.3 Å². The van der Waals surface area contributed by atoms with Gasteiger partial charge >= 0.3 is 0 Å². The lowest BCUT2D eigenvalue weighted by molar-refractivity contribution is 0.552. The summed E-state index contributed by atoms with van der Waals surface area (Å²) in [5, 5.41) is 8.52. The van der Waals surface area contributed by atoms with E-state index in [0.29, 0.717) is 22.7 Å². The van der Waals surface area contributed by atoms with Crippen LogP contribution in [0.2, 0.25) is 5.02 Å². The Morgan fingerprint density at radius 2 is 2.05 bits per heavy atom. The summed E-state index contributed by atoms with van der Waals surface area (Å²) in [6.45, 7) is 10.4. The summed E-state index contributed by atoms with van der Waals surface area (Å²) >= 11 is 6.34. The van der Waals surface area contributed by atoms with Gasteiger partial charge in [-0.05, 0) is 36.1 Å². The Hall–Kier alpha value is -1.39. The molecule has 0 aromatic carbocycles. The Morgan fingerprint density at radius 1 is 1.29 bits per heavy atom. The van der Waals surface area contributed by atoms with Crippen molar-refractivity contribution in [1.29, 1.82) is 0 Å². The fourth-order valence-electron chi connectivity index (χ4n) is 2.00. The summed E-state index contributed by atoms with van der Waals surface area (Å²) in [6.07, 6.45) is 3.76. The molecule has 0 aliphatic carbocycles. The van der Waals surface area contributed by atoms with Crippen LogP contribution in [0.25, 0.3) is 5.82 Å². The molecular weight excluding hydrogens is 284 g/mol. The first-order valence-electron chi connectivity index (χ1n) is 7.38. The minimum absolute atomic E-state index is 0.393. The van der Waals surface area contributed by atoms with Crippen molar-refractivity contribution in [3.8, 4) is 5.82 Å². The highest BCUT2D eigenvalue weighted by molar-refractivity contribution is 6.32. The van der Waals surface area contributed by atoms with Crippen LogP contribution in [0.3, 0.4) is 0 Å². The molecule has 0 aliphatic rings. The molecule has 2 aromatic rings. The van der Waals surface area contributed by atoms with Crippen molar-refractivity contribution >= 4 is 11.6 Å². The van der Waals surface area contributed by atoms with Crippen molar-refractivity contribution in [2.24, 2.45) is 5.92 Å². The summed E-state index contributed by atoms with van der Waals surface area (Å²) in [7, 11) is 0. The summed E-state index contributed by atoms with van der Waals surface area (Å²) in [4.78, 5) is 4.45. The third kappa shape index (κ3) is 4.29. The van der Waals surface area contributed by atoms with Crippen molar-refractivity contribution < 1.29 is 0 Å². The van der Waals surface area contributed by atoms with Gasteiger partial charge in [0.1, 0.15) is 0 Å². The van der Waals surface area contributed by atoms with Crippen molar-refractivity contribution in [2.75, 3.05) is 6.54 Å². The number of hydrogen-bond donors (Lipinski definition) is 1. The van der Waals surface area contributed by atoms with Crippen molar-refractivity contribution in [3.05, 3.63) is 40.8 Å². The second kappa shape index (κ2) is 7.05. The highest BCUT2D eigenvalue weighted by atomic mass is 35.5. The molecule has 2 aromatic heterocycles. The van der Waals surface area contributed by atoms with Gasteiger partial charge in [0.15, 0.2) is 5.82 Å². The average molecular weight is 307 g/mol. The van der Waals surface area contributed by atoms with E-state index < -0.39 is 0 Å². The van der Waals surface area contributed by atoms with Crippen LogP contribution in [0.1, 0.15) is 44.9 Å². The van der Waals surface area contributed by atoms with E-state index in [-0.39, 0.29) is 0 Å². The van der Waals surface area contributed by atoms with E-state index in [0.717, 1.165) is 24.3 Å². The molecule has 0 unspecified atom stereocenters. The molecule has 0 saturated heterocycles. The van der Waals surface area contributed by atoms with Crippen LogP contribution in [0.5, 0.6) is 0 Å². The SMILES string of the molecule is CC(C)CNCc1cnc(-n2ccc(C(C)C)n2)c(Cl)c1. The Bertz CT molecular complexity index is 590. The van der Waals surface area contributed by atoms with Gasteiger partial charge in [0.25, 0.3) is 0 Å². The van der Waals surface area contributed by atoms with Crippen molar-refractivity contribution in [1.82, 2.24) is 20.1 Å². The largest absolute Gasteiger partial charge is 0.312 e. The normalized spacial score (nSPS) is 11.6. The molecule has 114 valence electrons. The van der Waals surface area contributed by atoms with Crippen molar-refractivity contribution in [3.63, 3.8) is 0 Å². The second-order valence-corrected chi connectivity index (χ2v) is 6.42. The van der Waals surface area contributed by atoms with Crippen LogP contribution in [-0.2, 0) is 6.54 Å². The average Bonchev–Trinajstić information content (AvgIpc) is 2.88. The van der Waals surface area contributed by atoms with Crippen molar-refractivity contribution in [2.45, 2.75) is 40.2 Å². The number of hydrogen-bond acceptors (Lipinski definition) is 3. The highest BCUT2D eigenvalue weighted by Gasteiger charge is 2.09. The molecule has 0 atom stereocenters. The minimum Gasteiger partial charge on any atom is -0.312 e. The van der Waals surface area contributed by atoms with Crippen LogP contribution >= 0.6 is 11.6 Å². The molecule has 0 bridgehead atoms. The van der Waals surface area contributed by atoms with E-state index >= 15 is 0 Å². The van der Waals surface area contributed by atoms with Gasteiger partial charge in [-0.15, -0.1) is 0 Å². The lowest BCUT2D eigenvalue weighted by Gasteiger charge is -2.09. The molecular formula is C16H23ClN4. The van der Waals surface area contributed by atoms with E-state index in [1.807, 2.05) is 24.5 Å². The van der Waals surface area contributed by atoms with E-state index in [4.69, 9.17) is 11.6 Å². The third-order valence-corrected chi connectivity index (χ3v) is 3.46. The van der Waals surface area contributed by atoms with Gasteiger partial charge in [-0.25, -0.2) is 9.67 Å². The minimum atomic E-state index is 0.393. The maximum absolute atomic E-state index is 6.34. The molecule has 0 radical (unpaired) electrons. The van der Waals surface area contributed by atoms with Crippen LogP contribution in [0, 0.1) is 5.92 Å². The number of halogens is 1. The third-order valence-electron chi connectivity index (χ3n) is 3.18. The van der Waals surface area contributed by atoms with E-state index in [1.165, 1.54) is 0 Å². The standard InChI is InChI=1S/C16H23ClN4/c1-11(2)8-18-9-13-7-14(17)16(19-10-13)21-6-5-15(20-21)12(3)4/h5-7,10-12,18H,8-9H2,1-4H3. The number of pyridine rings is 1. The first-order valence-corrected chi connectivity index (χ1v) is 7.76. The predicted molar refractivity (Wildman–Crippen MR) is 87.0 cm³/mol. The maximum Gasteiger partial charge on any atom is 0.172 e. The van der Waals surface area contributed by atoms with Crippen LogP contribution in [-0.4, -0.2) is 21.3 Å². The Morgan fingerprint density at radius 3 is 2.62 bits per heavy atom. The van der Waals surface area contributed by atoms with Gasteiger partial charge in [0.05, 0.1) is 10.7 Å². The molecule has 1 N–H and O–H groups in total. The lowest BCUT2D eigenvalue weighted by Crippen LogP contribution is -2.19. The monoisotopic (exact) mass is 306 g/mol. The molecule has 0 saturated carbocycles. The topological polar surface area (TPSA) is 42.7 Å². The first kappa shape index (κ1) is 16.0. The zero-order chi connectivity index (χ0) is 15.4. The number of aromatic nitrogens is 3. The first-order chi connectivity index (χ1) is 9.97. The summed E-state index contributed by atoms with van der Waals surface area (Å²) in [6, 6.07) is 3.95. The van der Waals surface area contributed by atoms with Gasteiger partial charge in [0.2, 0.25) is 0 Å². The van der Waals surface area contributed by atoms with Gasteiger partial charge in [0, 0.05) is 18.9 Å². The van der Waals surface area contributed by atoms with Crippen LogP contribution in [0.15, 0.2) is 24.5 Å². The summed E-state index contributed by atoms with van der Waals surface area (Å²) < 4.78 is 1.74. The molecule has 0 spiro atoms. The molecule has 2 heterocycles. The van der Waals surface area contributed by atoms with Gasteiger partial charge in [-0.2, -0.15) is 5.10 Å². The Kier molecular flexibility index (Phi) is 5.37. The van der Waals surface area contributed by atoms with Crippen LogP contribution in [0.4, 0.5) is 0 Å². The van der Waals surface area contributed by atoms with E-state index in [2.05, 4.69) is 43.1 Å². The number of nitrogens with one attached hydrogen (secondary N) is 1. The molecule has 2 rings (SSSR count). The summed E-state index contributed by atoms with van der Waals surface area (Å²) in [5.41, 5.74) is 2.12. The van der Waals surface area contributed by atoms with Gasteiger partial charge in [-0.3, -0.25) is 0 Å². The molecule has 0 amide bonds. The second-order valence-electron chi connectivity index (χ2n) is 6.01.